The van der Waals surface area contributed by atoms with Crippen molar-refractivity contribution in [2.45, 2.75) is 50.1 Å². The number of carbonyl (C=O) groups is 1. The Hall–Kier alpha value is -2.80. The van der Waals surface area contributed by atoms with Crippen molar-refractivity contribution in [3.05, 3.63) is 53.6 Å². The number of nitrogens with zero attached hydrogens (tertiary/aromatic N) is 3. The van der Waals surface area contributed by atoms with Gasteiger partial charge in [-0.3, -0.25) is 4.79 Å². The van der Waals surface area contributed by atoms with E-state index >= 15 is 0 Å². The summed E-state index contributed by atoms with van der Waals surface area (Å²) < 4.78 is 7.26. The van der Waals surface area contributed by atoms with Gasteiger partial charge in [0, 0.05) is 17.8 Å². The number of thioether (sulfide) groups is 1. The molecular weight excluding hydrogens is 396 g/mol. The number of amides is 1. The number of aryl methyl sites for hydroxylation is 2. The number of methoxy groups -OCH3 is 1. The lowest BCUT2D eigenvalue weighted by molar-refractivity contribution is -0.115. The van der Waals surface area contributed by atoms with Gasteiger partial charge in [-0.05, 0) is 80.6 Å². The zero-order valence-corrected chi connectivity index (χ0v) is 18.3. The minimum absolute atomic E-state index is 0.0328. The van der Waals surface area contributed by atoms with Gasteiger partial charge in [-0.2, -0.15) is 0 Å². The molecule has 1 N–H and O–H groups in total. The van der Waals surface area contributed by atoms with Crippen molar-refractivity contribution in [2.24, 2.45) is 0 Å². The van der Waals surface area contributed by atoms with Gasteiger partial charge in [-0.25, -0.2) is 0 Å². The van der Waals surface area contributed by atoms with Crippen LogP contribution in [0.2, 0.25) is 0 Å². The summed E-state index contributed by atoms with van der Waals surface area (Å²) in [6.45, 7) is 4.67. The van der Waals surface area contributed by atoms with Crippen molar-refractivity contribution in [2.75, 3.05) is 12.4 Å². The van der Waals surface area contributed by atoms with E-state index in [1.807, 2.05) is 41.8 Å². The topological polar surface area (TPSA) is 69.0 Å². The number of nitrogens with one attached hydrogen (secondary N) is 1. The van der Waals surface area contributed by atoms with E-state index in [2.05, 4.69) is 34.6 Å². The molecule has 1 aliphatic carbocycles. The summed E-state index contributed by atoms with van der Waals surface area (Å²) in [5.74, 6) is 1.55. The van der Waals surface area contributed by atoms with Crippen LogP contribution >= 0.6 is 11.8 Å². The second kappa shape index (κ2) is 8.92. The number of rotatable bonds is 7. The molecule has 1 aliphatic rings. The monoisotopic (exact) mass is 422 g/mol. The van der Waals surface area contributed by atoms with Crippen molar-refractivity contribution in [1.29, 1.82) is 0 Å². The Bertz CT molecular complexity index is 1050. The fraction of sp³-hybridized carbons (Fsp3) is 0.348. The fourth-order valence-corrected chi connectivity index (χ4v) is 4.63. The lowest BCUT2D eigenvalue weighted by atomic mass is 10.1. The molecule has 6 nitrogen and oxygen atoms in total. The molecule has 0 radical (unpaired) electrons. The van der Waals surface area contributed by atoms with Gasteiger partial charge in [0.15, 0.2) is 11.0 Å². The minimum atomic E-state index is -0.295. The van der Waals surface area contributed by atoms with Crippen LogP contribution in [0.1, 0.15) is 31.4 Å². The molecule has 0 saturated heterocycles. The smallest absolute Gasteiger partial charge is 0.237 e. The zero-order chi connectivity index (χ0) is 21.1. The number of aromatic nitrogens is 3. The highest BCUT2D eigenvalue weighted by Gasteiger charge is 2.21. The first-order chi connectivity index (χ1) is 14.6. The van der Waals surface area contributed by atoms with Gasteiger partial charge in [0.25, 0.3) is 0 Å². The molecule has 0 aliphatic heterocycles. The summed E-state index contributed by atoms with van der Waals surface area (Å²) in [5.41, 5.74) is 4.58. The standard InChI is InChI=1S/C23H26N4O2S/c1-4-27-21(17-9-12-20(29-3)13-10-17)25-26-23(27)30-15(2)22(28)24-19-11-8-16-6-5-7-18(16)14-19/h8-15H,4-7H2,1-3H3,(H,24,28)/t15-/m1/s1. The predicted octanol–water partition coefficient (Wildman–Crippen LogP) is 4.58. The number of hydrogen-bond acceptors (Lipinski definition) is 5. The number of ether oxygens (including phenoxy) is 1. The molecule has 1 atom stereocenters. The molecule has 0 unspecified atom stereocenters. The zero-order valence-electron chi connectivity index (χ0n) is 17.5. The Balaban J connectivity index is 1.46. The molecule has 1 amide bonds. The number of benzene rings is 2. The van der Waals surface area contributed by atoms with Crippen LogP contribution in [0.15, 0.2) is 47.6 Å². The Morgan fingerprint density at radius 3 is 2.67 bits per heavy atom. The molecule has 30 heavy (non-hydrogen) atoms. The predicted molar refractivity (Wildman–Crippen MR) is 120 cm³/mol. The third kappa shape index (κ3) is 4.21. The van der Waals surface area contributed by atoms with Gasteiger partial charge in [-0.15, -0.1) is 10.2 Å². The summed E-state index contributed by atoms with van der Waals surface area (Å²) in [4.78, 5) is 12.8. The highest BCUT2D eigenvalue weighted by atomic mass is 32.2. The maximum atomic E-state index is 12.8. The minimum Gasteiger partial charge on any atom is -0.497 e. The van der Waals surface area contributed by atoms with Crippen molar-refractivity contribution in [3.8, 4) is 17.1 Å². The summed E-state index contributed by atoms with van der Waals surface area (Å²) in [5, 5.41) is 12.2. The highest BCUT2D eigenvalue weighted by molar-refractivity contribution is 8.00. The molecule has 0 saturated carbocycles. The van der Waals surface area contributed by atoms with E-state index in [9.17, 15) is 4.79 Å². The molecule has 2 aromatic carbocycles. The van der Waals surface area contributed by atoms with Crippen LogP contribution in [-0.4, -0.2) is 33.0 Å². The lowest BCUT2D eigenvalue weighted by Gasteiger charge is -2.13. The number of fused-ring (bicyclic) bond motifs is 1. The van der Waals surface area contributed by atoms with Crippen LogP contribution in [0.3, 0.4) is 0 Å². The Morgan fingerprint density at radius 1 is 1.17 bits per heavy atom. The van der Waals surface area contributed by atoms with E-state index in [4.69, 9.17) is 4.74 Å². The molecule has 1 heterocycles. The van der Waals surface area contributed by atoms with Crippen molar-refractivity contribution < 1.29 is 9.53 Å². The molecule has 4 rings (SSSR count). The molecule has 0 fully saturated rings. The van der Waals surface area contributed by atoms with Gasteiger partial charge in [0.2, 0.25) is 5.91 Å². The molecule has 7 heteroatoms. The van der Waals surface area contributed by atoms with Crippen molar-refractivity contribution in [3.63, 3.8) is 0 Å². The van der Waals surface area contributed by atoms with Crippen LogP contribution in [-0.2, 0) is 24.2 Å². The van der Waals surface area contributed by atoms with E-state index in [1.54, 1.807) is 7.11 Å². The summed E-state index contributed by atoms with van der Waals surface area (Å²) in [6.07, 6.45) is 3.43. The summed E-state index contributed by atoms with van der Waals surface area (Å²) in [6, 6.07) is 14.0. The van der Waals surface area contributed by atoms with Gasteiger partial charge in [0.05, 0.1) is 12.4 Å². The van der Waals surface area contributed by atoms with Crippen LogP contribution in [0.25, 0.3) is 11.4 Å². The Morgan fingerprint density at radius 2 is 1.93 bits per heavy atom. The van der Waals surface area contributed by atoms with Gasteiger partial charge < -0.3 is 14.6 Å². The first kappa shape index (κ1) is 20.5. The Labute approximate surface area is 181 Å². The molecule has 156 valence electrons. The van der Waals surface area contributed by atoms with E-state index in [1.165, 1.54) is 29.3 Å². The summed E-state index contributed by atoms with van der Waals surface area (Å²) in [7, 11) is 1.65. The van der Waals surface area contributed by atoms with E-state index in [0.29, 0.717) is 0 Å². The number of anilines is 1. The average molecular weight is 423 g/mol. The second-order valence-electron chi connectivity index (χ2n) is 7.37. The maximum Gasteiger partial charge on any atom is 0.237 e. The normalized spacial score (nSPS) is 13.7. The third-order valence-electron chi connectivity index (χ3n) is 5.40. The molecule has 0 spiro atoms. The highest BCUT2D eigenvalue weighted by Crippen LogP contribution is 2.29. The van der Waals surface area contributed by atoms with Gasteiger partial charge >= 0.3 is 0 Å². The number of hydrogen-bond donors (Lipinski definition) is 1. The molecule has 1 aromatic heterocycles. The molecule has 0 bridgehead atoms. The van der Waals surface area contributed by atoms with Crippen LogP contribution in [0.5, 0.6) is 5.75 Å². The Kier molecular flexibility index (Phi) is 6.08. The largest absolute Gasteiger partial charge is 0.497 e. The van der Waals surface area contributed by atoms with Crippen LogP contribution < -0.4 is 10.1 Å². The number of carbonyl (C=O) groups excluding carboxylic acids is 1. The maximum absolute atomic E-state index is 12.8. The fourth-order valence-electron chi connectivity index (χ4n) is 3.72. The van der Waals surface area contributed by atoms with E-state index in [-0.39, 0.29) is 11.2 Å². The van der Waals surface area contributed by atoms with E-state index in [0.717, 1.165) is 47.4 Å². The lowest BCUT2D eigenvalue weighted by Crippen LogP contribution is -2.23. The van der Waals surface area contributed by atoms with Crippen LogP contribution in [0, 0.1) is 0 Å². The first-order valence-electron chi connectivity index (χ1n) is 10.3. The van der Waals surface area contributed by atoms with Gasteiger partial charge in [-0.1, -0.05) is 17.8 Å². The molecule has 3 aromatic rings. The van der Waals surface area contributed by atoms with Gasteiger partial charge in [0.1, 0.15) is 5.75 Å². The quantitative estimate of drug-likeness (QED) is 0.565. The second-order valence-corrected chi connectivity index (χ2v) is 8.67. The SMILES string of the molecule is CCn1c(S[C@H](C)C(=O)Nc2ccc3c(c2)CCC3)nnc1-c1ccc(OC)cc1. The third-order valence-corrected chi connectivity index (χ3v) is 6.48. The molecular formula is C23H26N4O2S. The summed E-state index contributed by atoms with van der Waals surface area (Å²) >= 11 is 1.42. The van der Waals surface area contributed by atoms with Crippen molar-refractivity contribution >= 4 is 23.4 Å². The van der Waals surface area contributed by atoms with Crippen LogP contribution in [0.4, 0.5) is 5.69 Å². The van der Waals surface area contributed by atoms with E-state index < -0.39 is 0 Å². The first-order valence-corrected chi connectivity index (χ1v) is 11.1. The average Bonchev–Trinajstić information content (AvgIpc) is 3.40. The van der Waals surface area contributed by atoms with Crippen molar-refractivity contribution in [1.82, 2.24) is 14.8 Å².